The number of halogens is 1. The largest absolute Gasteiger partial charge is 0.340 e. The Labute approximate surface area is 174 Å². The van der Waals surface area contributed by atoms with Crippen molar-refractivity contribution in [3.05, 3.63) is 70.7 Å². The number of guanidine groups is 1. The monoisotopic (exact) mass is 413 g/mol. The van der Waals surface area contributed by atoms with E-state index in [0.717, 1.165) is 17.5 Å². The van der Waals surface area contributed by atoms with Crippen molar-refractivity contribution < 1.29 is 9.59 Å². The molecular weight excluding hydrogens is 390 g/mol. The van der Waals surface area contributed by atoms with Gasteiger partial charge in [0.2, 0.25) is 0 Å². The summed E-state index contributed by atoms with van der Waals surface area (Å²) < 4.78 is 0. The maximum absolute atomic E-state index is 12.9. The lowest BCUT2D eigenvalue weighted by molar-refractivity contribution is -0.130. The van der Waals surface area contributed by atoms with Gasteiger partial charge >= 0.3 is 6.03 Å². The molecule has 3 amide bonds. The van der Waals surface area contributed by atoms with Crippen LogP contribution in [0.5, 0.6) is 0 Å². The van der Waals surface area contributed by atoms with Gasteiger partial charge in [-0.2, -0.15) is 0 Å². The summed E-state index contributed by atoms with van der Waals surface area (Å²) in [5, 5.41) is 17.1. The predicted octanol–water partition coefficient (Wildman–Crippen LogP) is 2.51. The fraction of sp³-hybridized carbons (Fsp3) is 0.286. The smallest absolute Gasteiger partial charge is 0.314 e. The van der Waals surface area contributed by atoms with Crippen LogP contribution in [0.3, 0.4) is 0 Å². The summed E-state index contributed by atoms with van der Waals surface area (Å²) in [6, 6.07) is 16.7. The fourth-order valence-electron chi connectivity index (χ4n) is 3.15. The van der Waals surface area contributed by atoms with Gasteiger partial charge < -0.3 is 16.0 Å². The van der Waals surface area contributed by atoms with Crippen molar-refractivity contribution in [1.82, 2.24) is 20.9 Å². The summed E-state index contributed by atoms with van der Waals surface area (Å²) in [6.45, 7) is 2.47. The van der Waals surface area contributed by atoms with Gasteiger partial charge in [-0.15, -0.1) is 0 Å². The molecule has 8 heteroatoms. The van der Waals surface area contributed by atoms with Crippen molar-refractivity contribution in [2.45, 2.75) is 25.4 Å². The third-order valence-electron chi connectivity index (χ3n) is 4.76. The van der Waals surface area contributed by atoms with E-state index in [9.17, 15) is 9.59 Å². The molecule has 1 unspecified atom stereocenters. The Bertz CT molecular complexity index is 905. The van der Waals surface area contributed by atoms with Crippen LogP contribution in [-0.4, -0.2) is 41.4 Å². The first-order valence-corrected chi connectivity index (χ1v) is 9.74. The Morgan fingerprint density at radius 1 is 1.14 bits per heavy atom. The molecule has 1 saturated heterocycles. The van der Waals surface area contributed by atoms with Crippen LogP contribution in [0.25, 0.3) is 0 Å². The standard InChI is InChI=1S/C21H24ClN5O2/c1-21(14-25-20(29)24-11-10-15-6-3-2-4-7-15)18(28)27(19(23)26-21)13-16-8-5-9-17(22)12-16/h2-9,12H,10-11,13-14H2,1H3,(H2,23,26)(H2,24,25,29). The summed E-state index contributed by atoms with van der Waals surface area (Å²) in [5.74, 6) is -0.268. The Balaban J connectivity index is 1.50. The van der Waals surface area contributed by atoms with Gasteiger partial charge in [-0.25, -0.2) is 4.79 Å². The second kappa shape index (κ2) is 8.96. The highest BCUT2D eigenvalue weighted by Crippen LogP contribution is 2.20. The van der Waals surface area contributed by atoms with E-state index in [1.165, 1.54) is 4.90 Å². The van der Waals surface area contributed by atoms with Gasteiger partial charge in [0, 0.05) is 11.6 Å². The SMILES string of the molecule is CC1(CNC(=O)NCCc2ccccc2)NC(=N)N(Cc2cccc(Cl)c2)C1=O. The second-order valence-corrected chi connectivity index (χ2v) is 7.61. The number of nitrogens with one attached hydrogen (secondary N) is 4. The van der Waals surface area contributed by atoms with E-state index in [-0.39, 0.29) is 31.0 Å². The van der Waals surface area contributed by atoms with Crippen LogP contribution < -0.4 is 16.0 Å². The summed E-state index contributed by atoms with van der Waals surface area (Å²) in [4.78, 5) is 26.3. The Morgan fingerprint density at radius 3 is 2.59 bits per heavy atom. The minimum Gasteiger partial charge on any atom is -0.340 e. The van der Waals surface area contributed by atoms with E-state index >= 15 is 0 Å². The molecule has 7 nitrogen and oxygen atoms in total. The number of nitrogens with zero attached hydrogens (tertiary/aromatic N) is 1. The normalized spacial score (nSPS) is 18.5. The highest BCUT2D eigenvalue weighted by atomic mass is 35.5. The Kier molecular flexibility index (Phi) is 6.39. The molecule has 0 bridgehead atoms. The molecule has 0 saturated carbocycles. The molecule has 2 aromatic rings. The zero-order valence-electron chi connectivity index (χ0n) is 16.2. The van der Waals surface area contributed by atoms with Gasteiger partial charge in [0.05, 0.1) is 13.1 Å². The fourth-order valence-corrected chi connectivity index (χ4v) is 3.37. The molecule has 0 aliphatic carbocycles. The summed E-state index contributed by atoms with van der Waals surface area (Å²) >= 11 is 6.00. The van der Waals surface area contributed by atoms with Crippen molar-refractivity contribution in [1.29, 1.82) is 5.41 Å². The molecule has 29 heavy (non-hydrogen) atoms. The number of rotatable bonds is 7. The minimum absolute atomic E-state index is 0.00348. The molecule has 3 rings (SSSR count). The maximum Gasteiger partial charge on any atom is 0.314 e. The number of carbonyl (C=O) groups excluding carboxylic acids is 2. The van der Waals surface area contributed by atoms with Crippen molar-refractivity contribution in [2.24, 2.45) is 0 Å². The molecule has 2 aromatic carbocycles. The molecule has 1 aliphatic heterocycles. The highest BCUT2D eigenvalue weighted by Gasteiger charge is 2.46. The van der Waals surface area contributed by atoms with E-state index < -0.39 is 5.54 Å². The van der Waals surface area contributed by atoms with E-state index in [1.54, 1.807) is 25.1 Å². The molecule has 1 aliphatic rings. The quantitative estimate of drug-likeness (QED) is 0.561. The Morgan fingerprint density at radius 2 is 1.86 bits per heavy atom. The van der Waals surface area contributed by atoms with Crippen LogP contribution in [-0.2, 0) is 17.8 Å². The number of hydrogen-bond acceptors (Lipinski definition) is 3. The van der Waals surface area contributed by atoms with Gasteiger partial charge in [-0.1, -0.05) is 54.1 Å². The molecular formula is C21H24ClN5O2. The zero-order chi connectivity index (χ0) is 20.9. The van der Waals surface area contributed by atoms with Crippen LogP contribution in [0.15, 0.2) is 54.6 Å². The van der Waals surface area contributed by atoms with Crippen LogP contribution >= 0.6 is 11.6 Å². The summed E-state index contributed by atoms with van der Waals surface area (Å²) in [7, 11) is 0. The van der Waals surface area contributed by atoms with Crippen LogP contribution in [0, 0.1) is 5.41 Å². The molecule has 152 valence electrons. The first-order chi connectivity index (χ1) is 13.9. The lowest BCUT2D eigenvalue weighted by Gasteiger charge is -2.22. The van der Waals surface area contributed by atoms with Gasteiger partial charge in [0.1, 0.15) is 5.54 Å². The lowest BCUT2D eigenvalue weighted by Crippen LogP contribution is -2.54. The topological polar surface area (TPSA) is 97.3 Å². The molecule has 0 aromatic heterocycles. The van der Waals surface area contributed by atoms with Crippen molar-refractivity contribution in [3.63, 3.8) is 0 Å². The number of benzene rings is 2. The number of carbonyl (C=O) groups is 2. The van der Waals surface area contributed by atoms with Crippen molar-refractivity contribution >= 4 is 29.5 Å². The van der Waals surface area contributed by atoms with E-state index in [2.05, 4.69) is 16.0 Å². The zero-order valence-corrected chi connectivity index (χ0v) is 16.9. The molecule has 4 N–H and O–H groups in total. The molecule has 1 fully saturated rings. The van der Waals surface area contributed by atoms with Gasteiger partial charge in [-0.05, 0) is 36.6 Å². The molecule has 1 heterocycles. The number of hydrogen-bond donors (Lipinski definition) is 4. The predicted molar refractivity (Wildman–Crippen MR) is 113 cm³/mol. The summed E-state index contributed by atoms with van der Waals surface area (Å²) in [5.41, 5.74) is 0.887. The van der Waals surface area contributed by atoms with Crippen LogP contribution in [0.4, 0.5) is 4.79 Å². The van der Waals surface area contributed by atoms with E-state index in [4.69, 9.17) is 17.0 Å². The summed E-state index contributed by atoms with van der Waals surface area (Å²) in [6.07, 6.45) is 0.723. The average Bonchev–Trinajstić information content (AvgIpc) is 2.91. The van der Waals surface area contributed by atoms with Gasteiger partial charge in [0.15, 0.2) is 5.96 Å². The average molecular weight is 414 g/mol. The minimum atomic E-state index is -1.08. The first kappa shape index (κ1) is 20.7. The second-order valence-electron chi connectivity index (χ2n) is 7.17. The van der Waals surface area contributed by atoms with Crippen molar-refractivity contribution in [3.8, 4) is 0 Å². The third kappa shape index (κ3) is 5.26. The molecule has 0 spiro atoms. The van der Waals surface area contributed by atoms with Gasteiger partial charge in [0.25, 0.3) is 5.91 Å². The van der Waals surface area contributed by atoms with Crippen LogP contribution in [0.2, 0.25) is 5.02 Å². The maximum atomic E-state index is 12.9. The van der Waals surface area contributed by atoms with E-state index in [1.807, 2.05) is 36.4 Å². The first-order valence-electron chi connectivity index (χ1n) is 9.36. The molecule has 1 atom stereocenters. The van der Waals surface area contributed by atoms with E-state index in [0.29, 0.717) is 11.6 Å². The number of urea groups is 1. The third-order valence-corrected chi connectivity index (χ3v) is 4.99. The van der Waals surface area contributed by atoms with Crippen molar-refractivity contribution in [2.75, 3.05) is 13.1 Å². The van der Waals surface area contributed by atoms with Crippen LogP contribution in [0.1, 0.15) is 18.1 Å². The Hall–Kier alpha value is -3.06. The molecule has 0 radical (unpaired) electrons. The number of amides is 3. The lowest BCUT2D eigenvalue weighted by atomic mass is 10.0. The highest BCUT2D eigenvalue weighted by molar-refractivity contribution is 6.30. The van der Waals surface area contributed by atoms with Gasteiger partial charge in [-0.3, -0.25) is 15.1 Å².